The molecular formula is C14H20ClNO. The standard InChI is InChI=1S/C14H20ClNO/c1-3-13(11-6-7-16-9-11)17-14-5-4-12(15)8-10(14)2/h4-5,8,11,13,16H,3,6-7,9H2,1-2H3/t11-,13+/m1/s1. The van der Waals surface area contributed by atoms with Crippen LogP contribution in [0.15, 0.2) is 18.2 Å². The maximum atomic E-state index is 6.13. The van der Waals surface area contributed by atoms with Gasteiger partial charge in [0.15, 0.2) is 0 Å². The Balaban J connectivity index is 2.06. The molecule has 2 atom stereocenters. The van der Waals surface area contributed by atoms with E-state index in [1.807, 2.05) is 25.1 Å². The average molecular weight is 254 g/mol. The first-order valence-electron chi connectivity index (χ1n) is 6.34. The Morgan fingerprint density at radius 1 is 1.53 bits per heavy atom. The lowest BCUT2D eigenvalue weighted by atomic mass is 9.99. The molecule has 1 aromatic rings. The zero-order chi connectivity index (χ0) is 12.3. The maximum absolute atomic E-state index is 6.13. The lowest BCUT2D eigenvalue weighted by molar-refractivity contribution is 0.137. The number of rotatable bonds is 4. The van der Waals surface area contributed by atoms with Gasteiger partial charge in [-0.05, 0) is 50.1 Å². The monoisotopic (exact) mass is 253 g/mol. The van der Waals surface area contributed by atoms with E-state index in [0.29, 0.717) is 12.0 Å². The molecule has 0 saturated carbocycles. The Kier molecular flexibility index (Phi) is 4.30. The molecule has 1 fully saturated rings. The quantitative estimate of drug-likeness (QED) is 0.888. The molecule has 0 unspecified atom stereocenters. The number of nitrogens with one attached hydrogen (secondary N) is 1. The van der Waals surface area contributed by atoms with Crippen molar-refractivity contribution in [3.05, 3.63) is 28.8 Å². The zero-order valence-corrected chi connectivity index (χ0v) is 11.3. The summed E-state index contributed by atoms with van der Waals surface area (Å²) in [7, 11) is 0. The average Bonchev–Trinajstić information content (AvgIpc) is 2.81. The molecule has 2 rings (SSSR count). The van der Waals surface area contributed by atoms with E-state index in [9.17, 15) is 0 Å². The van der Waals surface area contributed by atoms with Gasteiger partial charge >= 0.3 is 0 Å². The molecular weight excluding hydrogens is 234 g/mol. The van der Waals surface area contributed by atoms with Crippen LogP contribution in [0.1, 0.15) is 25.3 Å². The molecule has 1 saturated heterocycles. The summed E-state index contributed by atoms with van der Waals surface area (Å²) < 4.78 is 6.13. The smallest absolute Gasteiger partial charge is 0.122 e. The summed E-state index contributed by atoms with van der Waals surface area (Å²) in [5.41, 5.74) is 1.11. The van der Waals surface area contributed by atoms with Crippen LogP contribution in [-0.4, -0.2) is 19.2 Å². The van der Waals surface area contributed by atoms with Crippen molar-refractivity contribution in [2.24, 2.45) is 5.92 Å². The van der Waals surface area contributed by atoms with Crippen LogP contribution in [0.4, 0.5) is 0 Å². The second kappa shape index (κ2) is 5.74. The lowest BCUT2D eigenvalue weighted by Gasteiger charge is -2.24. The predicted octanol–water partition coefficient (Wildman–Crippen LogP) is 3.42. The molecule has 1 aromatic carbocycles. The van der Waals surface area contributed by atoms with Crippen molar-refractivity contribution in [2.75, 3.05) is 13.1 Å². The Hall–Kier alpha value is -0.730. The van der Waals surface area contributed by atoms with Crippen LogP contribution in [0.2, 0.25) is 5.02 Å². The van der Waals surface area contributed by atoms with Crippen molar-refractivity contribution in [1.29, 1.82) is 0 Å². The van der Waals surface area contributed by atoms with Crippen LogP contribution in [0.3, 0.4) is 0 Å². The van der Waals surface area contributed by atoms with E-state index < -0.39 is 0 Å². The highest BCUT2D eigenvalue weighted by Gasteiger charge is 2.25. The Labute approximate surface area is 108 Å². The fourth-order valence-electron chi connectivity index (χ4n) is 2.42. The zero-order valence-electron chi connectivity index (χ0n) is 10.5. The molecule has 0 amide bonds. The highest BCUT2D eigenvalue weighted by Crippen LogP contribution is 2.26. The van der Waals surface area contributed by atoms with Crippen molar-refractivity contribution in [3.8, 4) is 5.75 Å². The van der Waals surface area contributed by atoms with E-state index in [-0.39, 0.29) is 0 Å². The predicted molar refractivity (Wildman–Crippen MR) is 71.9 cm³/mol. The first-order valence-corrected chi connectivity index (χ1v) is 6.72. The summed E-state index contributed by atoms with van der Waals surface area (Å²) in [6.45, 7) is 6.42. The third-order valence-corrected chi connectivity index (χ3v) is 3.68. The molecule has 1 aliphatic heterocycles. The molecule has 2 nitrogen and oxygen atoms in total. The highest BCUT2D eigenvalue weighted by atomic mass is 35.5. The van der Waals surface area contributed by atoms with Crippen LogP contribution in [0, 0.1) is 12.8 Å². The lowest BCUT2D eigenvalue weighted by Crippen LogP contribution is -2.28. The largest absolute Gasteiger partial charge is 0.490 e. The summed E-state index contributed by atoms with van der Waals surface area (Å²) in [6, 6.07) is 5.82. The molecule has 0 aliphatic carbocycles. The van der Waals surface area contributed by atoms with E-state index in [0.717, 1.165) is 35.8 Å². The Morgan fingerprint density at radius 3 is 2.94 bits per heavy atom. The Bertz CT molecular complexity index is 374. The third kappa shape index (κ3) is 3.14. The minimum absolute atomic E-state index is 0.310. The van der Waals surface area contributed by atoms with Crippen LogP contribution >= 0.6 is 11.6 Å². The van der Waals surface area contributed by atoms with E-state index in [4.69, 9.17) is 16.3 Å². The molecule has 1 N–H and O–H groups in total. The van der Waals surface area contributed by atoms with Crippen molar-refractivity contribution in [2.45, 2.75) is 32.8 Å². The number of hydrogen-bond acceptors (Lipinski definition) is 2. The van der Waals surface area contributed by atoms with Crippen molar-refractivity contribution >= 4 is 11.6 Å². The van der Waals surface area contributed by atoms with Gasteiger partial charge in [-0.15, -0.1) is 0 Å². The van der Waals surface area contributed by atoms with E-state index >= 15 is 0 Å². The summed E-state index contributed by atoms with van der Waals surface area (Å²) in [5, 5.41) is 4.16. The SMILES string of the molecule is CC[C@H](Oc1ccc(Cl)cc1C)[C@@H]1CCNC1. The Morgan fingerprint density at radius 2 is 2.35 bits per heavy atom. The van der Waals surface area contributed by atoms with Gasteiger partial charge in [-0.2, -0.15) is 0 Å². The molecule has 17 heavy (non-hydrogen) atoms. The molecule has 94 valence electrons. The van der Waals surface area contributed by atoms with E-state index in [1.165, 1.54) is 6.42 Å². The normalized spacial score (nSPS) is 21.5. The summed E-state index contributed by atoms with van der Waals surface area (Å²) in [4.78, 5) is 0. The van der Waals surface area contributed by atoms with Gasteiger partial charge in [-0.3, -0.25) is 0 Å². The number of aryl methyl sites for hydroxylation is 1. The van der Waals surface area contributed by atoms with Crippen molar-refractivity contribution < 1.29 is 4.74 Å². The molecule has 3 heteroatoms. The summed E-state index contributed by atoms with van der Waals surface area (Å²) >= 11 is 5.95. The van der Waals surface area contributed by atoms with Crippen molar-refractivity contribution in [1.82, 2.24) is 5.32 Å². The molecule has 1 aliphatic rings. The number of hydrogen-bond donors (Lipinski definition) is 1. The van der Waals surface area contributed by atoms with Crippen molar-refractivity contribution in [3.63, 3.8) is 0 Å². The molecule has 0 spiro atoms. The van der Waals surface area contributed by atoms with E-state index in [1.54, 1.807) is 0 Å². The van der Waals surface area contributed by atoms with Gasteiger partial charge in [0.2, 0.25) is 0 Å². The summed E-state index contributed by atoms with van der Waals surface area (Å²) in [5.74, 6) is 1.60. The van der Waals surface area contributed by atoms with E-state index in [2.05, 4.69) is 12.2 Å². The number of benzene rings is 1. The van der Waals surface area contributed by atoms with Crippen LogP contribution in [-0.2, 0) is 0 Å². The van der Waals surface area contributed by atoms with Gasteiger partial charge in [0.05, 0.1) is 0 Å². The first-order chi connectivity index (χ1) is 8.20. The molecule has 0 radical (unpaired) electrons. The highest BCUT2D eigenvalue weighted by molar-refractivity contribution is 6.30. The third-order valence-electron chi connectivity index (χ3n) is 3.44. The number of ether oxygens (including phenoxy) is 1. The summed E-state index contributed by atoms with van der Waals surface area (Å²) in [6.07, 6.45) is 2.57. The van der Waals surface area contributed by atoms with Gasteiger partial charge in [0, 0.05) is 17.5 Å². The first kappa shape index (κ1) is 12.7. The molecule has 0 aromatic heterocycles. The second-order valence-corrected chi connectivity index (χ2v) is 5.16. The van der Waals surface area contributed by atoms with Gasteiger partial charge in [0.25, 0.3) is 0 Å². The molecule has 1 heterocycles. The minimum Gasteiger partial charge on any atom is -0.490 e. The van der Waals surface area contributed by atoms with Crippen LogP contribution < -0.4 is 10.1 Å². The minimum atomic E-state index is 0.310. The van der Waals surface area contributed by atoms with Gasteiger partial charge in [0.1, 0.15) is 11.9 Å². The van der Waals surface area contributed by atoms with Gasteiger partial charge < -0.3 is 10.1 Å². The van der Waals surface area contributed by atoms with Crippen LogP contribution in [0.25, 0.3) is 0 Å². The molecule has 0 bridgehead atoms. The maximum Gasteiger partial charge on any atom is 0.122 e. The second-order valence-electron chi connectivity index (χ2n) is 4.73. The fraction of sp³-hybridized carbons (Fsp3) is 0.571. The van der Waals surface area contributed by atoms with Crippen LogP contribution in [0.5, 0.6) is 5.75 Å². The van der Waals surface area contributed by atoms with Gasteiger partial charge in [-0.25, -0.2) is 0 Å². The fourth-order valence-corrected chi connectivity index (χ4v) is 2.64. The topological polar surface area (TPSA) is 21.3 Å². The van der Waals surface area contributed by atoms with Gasteiger partial charge in [-0.1, -0.05) is 18.5 Å². The number of halogens is 1.